The summed E-state index contributed by atoms with van der Waals surface area (Å²) in [7, 11) is 0. The second kappa shape index (κ2) is 5.89. The molecule has 0 radical (unpaired) electrons. The molecular weight excluding hydrogens is 261 g/mol. The van der Waals surface area contributed by atoms with Gasteiger partial charge in [0.2, 0.25) is 5.91 Å². The molecule has 6 heteroatoms. The fourth-order valence-electron chi connectivity index (χ4n) is 1.46. The molecule has 17 heavy (non-hydrogen) atoms. The maximum atomic E-state index is 11.0. The summed E-state index contributed by atoms with van der Waals surface area (Å²) in [5.41, 5.74) is 2.87. The minimum Gasteiger partial charge on any atom is -0.349 e. The first-order valence-corrected chi connectivity index (χ1v) is 5.49. The highest BCUT2D eigenvalue weighted by molar-refractivity contribution is 6.27. The van der Waals surface area contributed by atoms with Crippen molar-refractivity contribution >= 4 is 35.6 Å². The number of carbonyl (C=O) groups excluding carboxylic acids is 1. The van der Waals surface area contributed by atoms with Gasteiger partial charge in [0.1, 0.15) is 11.5 Å². The van der Waals surface area contributed by atoms with E-state index in [0.29, 0.717) is 6.54 Å². The lowest BCUT2D eigenvalue weighted by atomic mass is 10.3. The third-order valence-electron chi connectivity index (χ3n) is 2.25. The molecule has 0 aliphatic rings. The molecule has 0 fully saturated rings. The Morgan fingerprint density at radius 3 is 3.06 bits per heavy atom. The number of rotatable bonds is 3. The molecule has 0 aliphatic carbocycles. The number of halogens is 2. The number of carbonyl (C=O) groups is 1. The lowest BCUT2D eigenvalue weighted by Crippen LogP contribution is -2.23. The number of aromatic nitrogens is 2. The molecule has 2 aromatic heterocycles. The third-order valence-corrected chi connectivity index (χ3v) is 2.50. The number of imidazole rings is 1. The van der Waals surface area contributed by atoms with E-state index in [1.807, 2.05) is 35.9 Å². The van der Waals surface area contributed by atoms with Crippen LogP contribution < -0.4 is 5.32 Å². The standard InChI is InChI=1S/C11H12ClN3O.ClH/c1-8-2-3-15-7-9(14-10(15)4-8)6-13-11(16)5-12;/h2-4,7H,5-6H2,1H3,(H,13,16);1H. The number of amides is 1. The molecule has 4 nitrogen and oxygen atoms in total. The zero-order valence-electron chi connectivity index (χ0n) is 9.31. The van der Waals surface area contributed by atoms with Gasteiger partial charge in [-0.3, -0.25) is 4.79 Å². The molecule has 1 amide bonds. The number of nitrogens with zero attached hydrogens (tertiary/aromatic N) is 2. The van der Waals surface area contributed by atoms with Crippen LogP contribution in [0, 0.1) is 6.92 Å². The highest BCUT2D eigenvalue weighted by Gasteiger charge is 2.03. The van der Waals surface area contributed by atoms with E-state index in [-0.39, 0.29) is 24.2 Å². The van der Waals surface area contributed by atoms with Crippen LogP contribution in [0.3, 0.4) is 0 Å². The zero-order chi connectivity index (χ0) is 11.5. The predicted octanol–water partition coefficient (Wildman–Crippen LogP) is 1.92. The van der Waals surface area contributed by atoms with Gasteiger partial charge >= 0.3 is 0 Å². The maximum Gasteiger partial charge on any atom is 0.235 e. The predicted molar refractivity (Wildman–Crippen MR) is 69.7 cm³/mol. The van der Waals surface area contributed by atoms with Gasteiger partial charge in [0.25, 0.3) is 0 Å². The van der Waals surface area contributed by atoms with E-state index in [4.69, 9.17) is 11.6 Å². The number of fused-ring (bicyclic) bond motifs is 1. The van der Waals surface area contributed by atoms with Crippen molar-refractivity contribution in [2.45, 2.75) is 13.5 Å². The zero-order valence-corrected chi connectivity index (χ0v) is 10.9. The summed E-state index contributed by atoms with van der Waals surface area (Å²) < 4.78 is 1.93. The van der Waals surface area contributed by atoms with Gasteiger partial charge < -0.3 is 9.72 Å². The molecular formula is C11H13Cl2N3O. The number of pyridine rings is 1. The van der Waals surface area contributed by atoms with E-state index in [1.54, 1.807) is 0 Å². The van der Waals surface area contributed by atoms with E-state index in [2.05, 4.69) is 10.3 Å². The van der Waals surface area contributed by atoms with Gasteiger partial charge in [-0.25, -0.2) is 4.98 Å². The molecule has 0 aromatic carbocycles. The van der Waals surface area contributed by atoms with Crippen LogP contribution in [0.4, 0.5) is 0 Å². The number of hydrogen-bond acceptors (Lipinski definition) is 2. The molecule has 0 unspecified atom stereocenters. The number of alkyl halides is 1. The van der Waals surface area contributed by atoms with Gasteiger partial charge in [-0.15, -0.1) is 24.0 Å². The lowest BCUT2D eigenvalue weighted by molar-refractivity contribution is -0.118. The van der Waals surface area contributed by atoms with Crippen LogP contribution in [0.15, 0.2) is 24.5 Å². The normalized spacial score (nSPS) is 10.0. The lowest BCUT2D eigenvalue weighted by Gasteiger charge is -1.97. The van der Waals surface area contributed by atoms with Crippen LogP contribution in [-0.4, -0.2) is 21.2 Å². The topological polar surface area (TPSA) is 46.4 Å². The molecule has 0 saturated heterocycles. The van der Waals surface area contributed by atoms with Gasteiger partial charge in [-0.2, -0.15) is 0 Å². The van der Waals surface area contributed by atoms with Crippen molar-refractivity contribution in [3.63, 3.8) is 0 Å². The van der Waals surface area contributed by atoms with Gasteiger partial charge in [-0.1, -0.05) is 0 Å². The Labute approximate surface area is 110 Å². The number of aryl methyl sites for hydroxylation is 1. The van der Waals surface area contributed by atoms with Crippen LogP contribution >= 0.6 is 24.0 Å². The average molecular weight is 274 g/mol. The fraction of sp³-hybridized carbons (Fsp3) is 0.273. The van der Waals surface area contributed by atoms with E-state index in [0.717, 1.165) is 16.9 Å². The van der Waals surface area contributed by atoms with Crippen LogP contribution in [0.2, 0.25) is 0 Å². The van der Waals surface area contributed by atoms with Gasteiger partial charge in [-0.05, 0) is 24.6 Å². The Balaban J connectivity index is 0.00000144. The van der Waals surface area contributed by atoms with Crippen molar-refractivity contribution < 1.29 is 4.79 Å². The SMILES string of the molecule is Cc1ccn2cc(CNC(=O)CCl)nc2c1.Cl. The smallest absolute Gasteiger partial charge is 0.235 e. The van der Waals surface area contributed by atoms with E-state index < -0.39 is 0 Å². The molecule has 0 saturated carbocycles. The molecule has 0 aliphatic heterocycles. The van der Waals surface area contributed by atoms with Crippen LogP contribution in [0.1, 0.15) is 11.3 Å². The Hall–Kier alpha value is -1.26. The van der Waals surface area contributed by atoms with Crippen molar-refractivity contribution in [2.24, 2.45) is 0 Å². The Morgan fingerprint density at radius 1 is 1.59 bits per heavy atom. The molecule has 1 N–H and O–H groups in total. The minimum atomic E-state index is -0.185. The summed E-state index contributed by atoms with van der Waals surface area (Å²) in [5.74, 6) is -0.207. The molecule has 0 spiro atoms. The Morgan fingerprint density at radius 2 is 2.35 bits per heavy atom. The molecule has 2 heterocycles. The number of hydrogen-bond donors (Lipinski definition) is 1. The summed E-state index contributed by atoms with van der Waals surface area (Å²) in [5, 5.41) is 2.68. The monoisotopic (exact) mass is 273 g/mol. The second-order valence-electron chi connectivity index (χ2n) is 3.61. The fourth-order valence-corrected chi connectivity index (χ4v) is 1.55. The first-order valence-electron chi connectivity index (χ1n) is 4.96. The Kier molecular flexibility index (Phi) is 4.78. The highest BCUT2D eigenvalue weighted by Crippen LogP contribution is 2.07. The summed E-state index contributed by atoms with van der Waals surface area (Å²) in [6.45, 7) is 2.43. The van der Waals surface area contributed by atoms with E-state index in [9.17, 15) is 4.79 Å². The first kappa shape index (κ1) is 13.8. The van der Waals surface area contributed by atoms with Gasteiger partial charge in [0.05, 0.1) is 12.2 Å². The molecule has 2 rings (SSSR count). The summed E-state index contributed by atoms with van der Waals surface area (Å²) in [6, 6.07) is 4.00. The Bertz CT molecular complexity index is 524. The molecule has 0 atom stereocenters. The summed E-state index contributed by atoms with van der Waals surface area (Å²) >= 11 is 5.38. The minimum absolute atomic E-state index is 0. The maximum absolute atomic E-state index is 11.0. The second-order valence-corrected chi connectivity index (χ2v) is 3.88. The summed E-state index contributed by atoms with van der Waals surface area (Å²) in [4.78, 5) is 15.4. The summed E-state index contributed by atoms with van der Waals surface area (Å²) in [6.07, 6.45) is 3.84. The molecule has 92 valence electrons. The molecule has 2 aromatic rings. The van der Waals surface area contributed by atoms with Crippen LogP contribution in [-0.2, 0) is 11.3 Å². The van der Waals surface area contributed by atoms with Crippen molar-refractivity contribution in [2.75, 3.05) is 5.88 Å². The van der Waals surface area contributed by atoms with Gasteiger partial charge in [0, 0.05) is 12.4 Å². The van der Waals surface area contributed by atoms with E-state index >= 15 is 0 Å². The average Bonchev–Trinajstić information content (AvgIpc) is 2.67. The first-order chi connectivity index (χ1) is 7.69. The molecule has 0 bridgehead atoms. The van der Waals surface area contributed by atoms with Crippen LogP contribution in [0.25, 0.3) is 5.65 Å². The van der Waals surface area contributed by atoms with Crippen molar-refractivity contribution in [3.05, 3.63) is 35.8 Å². The van der Waals surface area contributed by atoms with Crippen LogP contribution in [0.5, 0.6) is 0 Å². The largest absolute Gasteiger partial charge is 0.349 e. The van der Waals surface area contributed by atoms with Crippen molar-refractivity contribution in [1.82, 2.24) is 14.7 Å². The quantitative estimate of drug-likeness (QED) is 0.869. The van der Waals surface area contributed by atoms with E-state index in [1.165, 1.54) is 0 Å². The highest BCUT2D eigenvalue weighted by atomic mass is 35.5. The van der Waals surface area contributed by atoms with Gasteiger partial charge in [0.15, 0.2) is 0 Å². The van der Waals surface area contributed by atoms with Crippen molar-refractivity contribution in [1.29, 1.82) is 0 Å². The number of nitrogens with one attached hydrogen (secondary N) is 1. The van der Waals surface area contributed by atoms with Crippen molar-refractivity contribution in [3.8, 4) is 0 Å². The third kappa shape index (κ3) is 3.35.